The van der Waals surface area contributed by atoms with E-state index in [9.17, 15) is 14.4 Å². The fourth-order valence-corrected chi connectivity index (χ4v) is 17.3. The number of carbonyl (C=O) groups excluding carboxylic acids is 4. The second-order valence-corrected chi connectivity index (χ2v) is 39.0. The topological polar surface area (TPSA) is 218 Å². The Bertz CT molecular complexity index is 5020. The summed E-state index contributed by atoms with van der Waals surface area (Å²) in [5.74, 6) is 1.15. The number of hydroxylamine groups is 9. The summed E-state index contributed by atoms with van der Waals surface area (Å²) in [5, 5.41) is 0. The Labute approximate surface area is 806 Å². The SMILES string of the molecule is CCCCCCCCCCCCCCCCOc1cc(C(=O)Oc2ccc(-c3c4nc(c(-c5ccc(OCC(=O)O[N+](C)(C)C)cc5)c5ccc([nH]5)c(-c5ccc(OCC(=O)O[N+](C)(C)C)cc5)c5nc(c(-c6ccc(OCC(=O)O[N+](C)(C)C)cc6)c6ccc3[nH]6)C=C5)C=C4)cc2)cc(OCCCCCCCCCCCCCCCC)c1OCCCCCCCCCCCCCCCC. The summed E-state index contributed by atoms with van der Waals surface area (Å²) in [5.41, 5.74) is 11.9. The summed E-state index contributed by atoms with van der Waals surface area (Å²) >= 11 is 0. The smallest absolute Gasteiger partial charge is 0.403 e. The maximum Gasteiger partial charge on any atom is 0.403 e. The molecule has 3 aromatic heterocycles. The minimum absolute atomic E-state index is 0.0130. The molecule has 10 rings (SSSR count). The molecule has 2 aliphatic rings. The molecule has 5 heterocycles. The molecular formula is C114H160N7O14+3. The molecule has 0 fully saturated rings. The van der Waals surface area contributed by atoms with Gasteiger partial charge in [0.2, 0.25) is 5.75 Å². The van der Waals surface area contributed by atoms with E-state index in [0.29, 0.717) is 88.4 Å². The lowest BCUT2D eigenvalue weighted by molar-refractivity contribution is -1.04. The third kappa shape index (κ3) is 38.0. The van der Waals surface area contributed by atoms with Gasteiger partial charge in [0.1, 0.15) is 86.4 Å². The number of aromatic amines is 2. The predicted octanol–water partition coefficient (Wildman–Crippen LogP) is 28.8. The second-order valence-electron chi connectivity index (χ2n) is 39.0. The molecule has 0 aliphatic carbocycles. The Kier molecular flexibility index (Phi) is 45.2. The number of hydrogen-bond acceptors (Lipinski definition) is 16. The first kappa shape index (κ1) is 106. The second kappa shape index (κ2) is 57.3. The molecule has 0 spiro atoms. The molecule has 732 valence electrons. The number of nitrogens with one attached hydrogen (secondary N) is 2. The van der Waals surface area contributed by atoms with Gasteiger partial charge in [0.25, 0.3) is 0 Å². The van der Waals surface area contributed by atoms with Crippen molar-refractivity contribution in [3.63, 3.8) is 0 Å². The summed E-state index contributed by atoms with van der Waals surface area (Å²) < 4.78 is 44.9. The number of unbranched alkanes of at least 4 members (excludes halogenated alkanes) is 39. The summed E-state index contributed by atoms with van der Waals surface area (Å²) in [7, 11) is 15.8. The standard InChI is InChI=1S/C114H160N7O14/c1-13-16-19-22-25-28-31-34-37-40-43-46-49-52-79-126-104-82-91(83-105(127-80-53-50-47-44-41-38-35-32-29-26-23-20-17-14-2)113(104)128-81-54-51-48-45-42-39-36-33-30-27-24-21-18-15-3)114(125)132-95-69-61-90(62-70-95)112-102-77-75-100(117-102)110(88-57-65-93(66-58-88)130-85-107(123)134-120(7,8)9)98-73-71-96(115-98)109(87-55-63-92(64-56-87)129-84-106(122)133-119(4,5)6)97-72-74-99(116-97)111(101-76-78-103(112)118-101)89-59-67-94(68-60-89)131-86-108(124)135-121(10,11)12/h55-78,82-83,115,118H,13-54,79-81,84-86H2,1-12H3/q+3. The van der Waals surface area contributed by atoms with Crippen LogP contribution in [0.1, 0.15) is 324 Å². The molecule has 0 unspecified atom stereocenters. The third-order valence-electron chi connectivity index (χ3n) is 24.2. The van der Waals surface area contributed by atoms with E-state index in [2.05, 4.69) is 30.7 Å². The van der Waals surface area contributed by atoms with E-state index in [1.165, 1.54) is 218 Å². The first-order valence-electron chi connectivity index (χ1n) is 51.3. The highest BCUT2D eigenvalue weighted by atomic mass is 16.8. The normalized spacial score (nSPS) is 12.0. The van der Waals surface area contributed by atoms with Crippen LogP contribution in [0, 0.1) is 0 Å². The molecule has 0 radical (unpaired) electrons. The van der Waals surface area contributed by atoms with Crippen LogP contribution in [0.2, 0.25) is 0 Å². The lowest BCUT2D eigenvalue weighted by atomic mass is 10.0. The molecule has 2 N–H and O–H groups in total. The first-order chi connectivity index (χ1) is 65.4. The molecule has 0 amide bonds. The van der Waals surface area contributed by atoms with Crippen LogP contribution < -0.4 is 33.2 Å². The van der Waals surface area contributed by atoms with Gasteiger partial charge >= 0.3 is 23.9 Å². The lowest BCUT2D eigenvalue weighted by Crippen LogP contribution is -2.38. The highest BCUT2D eigenvalue weighted by molar-refractivity contribution is 6.00. The number of benzene rings is 5. The molecule has 0 saturated carbocycles. The van der Waals surface area contributed by atoms with Gasteiger partial charge in [-0.25, -0.2) is 29.1 Å². The zero-order valence-electron chi connectivity index (χ0n) is 83.9. The number of H-pyrrole nitrogens is 2. The Balaban J connectivity index is 0.998. The van der Waals surface area contributed by atoms with Gasteiger partial charge < -0.3 is 43.1 Å². The number of hydrogen-bond donors (Lipinski definition) is 2. The van der Waals surface area contributed by atoms with Crippen molar-refractivity contribution in [1.29, 1.82) is 0 Å². The Morgan fingerprint density at radius 3 is 0.726 bits per heavy atom. The number of ether oxygens (including phenoxy) is 7. The minimum atomic E-state index is -0.562. The summed E-state index contributed by atoms with van der Waals surface area (Å²) in [4.78, 5) is 89.2. The molecule has 8 aromatic rings. The molecule has 5 aromatic carbocycles. The Morgan fingerprint density at radius 1 is 0.267 bits per heavy atom. The molecule has 2 aliphatic heterocycles. The monoisotopic (exact) mass is 1850 g/mol. The maximum atomic E-state index is 15.2. The average Bonchev–Trinajstić information content (AvgIpc) is 1.61. The van der Waals surface area contributed by atoms with E-state index >= 15 is 4.79 Å². The van der Waals surface area contributed by atoms with E-state index < -0.39 is 23.9 Å². The first-order valence-corrected chi connectivity index (χ1v) is 51.3. The Hall–Kier alpha value is -10.7. The number of nitrogens with zero attached hydrogens (tertiary/aromatic N) is 5. The van der Waals surface area contributed by atoms with Crippen molar-refractivity contribution in [2.24, 2.45) is 0 Å². The third-order valence-corrected chi connectivity index (χ3v) is 24.2. The van der Waals surface area contributed by atoms with E-state index in [1.54, 1.807) is 75.6 Å². The van der Waals surface area contributed by atoms with Crippen LogP contribution in [0.4, 0.5) is 0 Å². The fraction of sp³-hybridized carbons (Fsp3) is 0.526. The molecule has 0 saturated heterocycles. The van der Waals surface area contributed by atoms with Crippen molar-refractivity contribution < 1.29 is 80.8 Å². The number of aromatic nitrogens is 4. The van der Waals surface area contributed by atoms with Crippen LogP contribution in [0.25, 0.3) is 90.9 Å². The van der Waals surface area contributed by atoms with Crippen LogP contribution in [0.3, 0.4) is 0 Å². The highest BCUT2D eigenvalue weighted by Gasteiger charge is 2.26. The van der Waals surface area contributed by atoms with Crippen LogP contribution in [-0.4, -0.2) is 161 Å². The van der Waals surface area contributed by atoms with Gasteiger partial charge in [0.05, 0.1) is 48.2 Å². The largest absolute Gasteiger partial charge is 0.490 e. The quantitative estimate of drug-likeness (QED) is 0.0119. The highest BCUT2D eigenvalue weighted by Crippen LogP contribution is 2.43. The average molecular weight is 1850 g/mol. The van der Waals surface area contributed by atoms with Gasteiger partial charge in [-0.1, -0.05) is 320 Å². The van der Waals surface area contributed by atoms with Crippen molar-refractivity contribution in [3.8, 4) is 84.8 Å². The molecule has 21 nitrogen and oxygen atoms in total. The van der Waals surface area contributed by atoms with Crippen LogP contribution in [0.15, 0.2) is 133 Å². The number of carbonyl (C=O) groups is 4. The minimum Gasteiger partial charge on any atom is -0.490 e. The van der Waals surface area contributed by atoms with Crippen molar-refractivity contribution in [3.05, 3.63) is 162 Å². The van der Waals surface area contributed by atoms with Gasteiger partial charge in [-0.05, 0) is 151 Å². The van der Waals surface area contributed by atoms with Gasteiger partial charge in [0.15, 0.2) is 31.3 Å². The Morgan fingerprint density at radius 2 is 0.489 bits per heavy atom. The zero-order valence-corrected chi connectivity index (χ0v) is 83.9. The molecular weight excluding hydrogens is 1690 g/mol. The fourth-order valence-electron chi connectivity index (χ4n) is 17.3. The van der Waals surface area contributed by atoms with Crippen LogP contribution in [-0.2, 0) is 28.9 Å². The molecule has 135 heavy (non-hydrogen) atoms. The van der Waals surface area contributed by atoms with Gasteiger partial charge in [-0.2, -0.15) is 0 Å². The summed E-state index contributed by atoms with van der Waals surface area (Å²) in [6.07, 6.45) is 60.9. The number of esters is 1. The van der Waals surface area contributed by atoms with Crippen LogP contribution in [0.5, 0.6) is 40.2 Å². The van der Waals surface area contributed by atoms with Gasteiger partial charge in [-0.3, -0.25) is 14.5 Å². The van der Waals surface area contributed by atoms with Crippen LogP contribution >= 0.6 is 0 Å². The molecule has 8 bridgehead atoms. The van der Waals surface area contributed by atoms with E-state index in [1.807, 2.05) is 146 Å². The summed E-state index contributed by atoms with van der Waals surface area (Å²) in [6, 6.07) is 41.9. The summed E-state index contributed by atoms with van der Waals surface area (Å²) in [6.45, 7) is 7.42. The zero-order chi connectivity index (χ0) is 95.9. The van der Waals surface area contributed by atoms with E-state index in [4.69, 9.17) is 57.6 Å². The predicted molar refractivity (Wildman–Crippen MR) is 548 cm³/mol. The molecule has 21 heteroatoms. The van der Waals surface area contributed by atoms with Crippen molar-refractivity contribution in [2.75, 3.05) is 103 Å². The van der Waals surface area contributed by atoms with Crippen molar-refractivity contribution in [1.82, 2.24) is 19.9 Å². The van der Waals surface area contributed by atoms with Gasteiger partial charge in [0, 0.05) is 44.3 Å². The van der Waals surface area contributed by atoms with Crippen molar-refractivity contribution in [2.45, 2.75) is 290 Å². The van der Waals surface area contributed by atoms with E-state index in [0.717, 1.165) is 118 Å². The van der Waals surface area contributed by atoms with Gasteiger partial charge in [-0.15, -0.1) is 13.9 Å². The number of quaternary nitrogens is 3. The van der Waals surface area contributed by atoms with E-state index in [-0.39, 0.29) is 33.8 Å². The number of rotatable bonds is 66. The maximum absolute atomic E-state index is 15.2. The van der Waals surface area contributed by atoms with Crippen molar-refractivity contribution >= 4 is 70.2 Å². The number of fused-ring (bicyclic) bond motifs is 8. The molecule has 0 atom stereocenters. The lowest BCUT2D eigenvalue weighted by Gasteiger charge is -2.20.